The van der Waals surface area contributed by atoms with Gasteiger partial charge < -0.3 is 15.2 Å². The van der Waals surface area contributed by atoms with E-state index in [4.69, 9.17) is 15.2 Å². The van der Waals surface area contributed by atoms with Crippen LogP contribution in [-0.2, 0) is 14.3 Å². The van der Waals surface area contributed by atoms with Crippen LogP contribution in [0.25, 0.3) is 0 Å². The first kappa shape index (κ1) is 9.93. The van der Waals surface area contributed by atoms with Gasteiger partial charge in [0.05, 0.1) is 18.1 Å². The number of nitrogens with two attached hydrogens (primary N) is 1. The van der Waals surface area contributed by atoms with Crippen molar-refractivity contribution >= 4 is 5.97 Å². The normalized spacial score (nSPS) is 37.1. The summed E-state index contributed by atoms with van der Waals surface area (Å²) in [5, 5.41) is 0. The number of hydrogen-bond donors (Lipinski definition) is 1. The summed E-state index contributed by atoms with van der Waals surface area (Å²) in [6.45, 7) is 2.19. The van der Waals surface area contributed by atoms with E-state index in [0.717, 1.165) is 19.3 Å². The van der Waals surface area contributed by atoms with Gasteiger partial charge in [0.15, 0.2) is 0 Å². The molecule has 4 unspecified atom stereocenters. The first-order chi connectivity index (χ1) is 6.70. The molecule has 0 aromatic rings. The summed E-state index contributed by atoms with van der Waals surface area (Å²) >= 11 is 0. The Morgan fingerprint density at radius 2 is 2.43 bits per heavy atom. The molecular formula is C10H17NO3. The second-order valence-electron chi connectivity index (χ2n) is 4.20. The minimum Gasteiger partial charge on any atom is -0.461 e. The van der Waals surface area contributed by atoms with E-state index in [1.807, 2.05) is 6.92 Å². The molecule has 2 N–H and O–H groups in total. The molecule has 4 atom stereocenters. The number of esters is 1. The zero-order valence-corrected chi connectivity index (χ0v) is 8.44. The fourth-order valence-electron chi connectivity index (χ4n) is 2.22. The molecule has 0 aliphatic carbocycles. The van der Waals surface area contributed by atoms with Crippen molar-refractivity contribution in [1.82, 2.24) is 0 Å². The summed E-state index contributed by atoms with van der Waals surface area (Å²) < 4.78 is 10.8. The van der Waals surface area contributed by atoms with Gasteiger partial charge in [0, 0.05) is 6.54 Å². The Kier molecular flexibility index (Phi) is 2.74. The Balaban J connectivity index is 1.87. The number of hydrogen-bond acceptors (Lipinski definition) is 4. The maximum absolute atomic E-state index is 11.6. The van der Waals surface area contributed by atoms with E-state index in [1.54, 1.807) is 0 Å². The summed E-state index contributed by atoms with van der Waals surface area (Å²) in [5.74, 6) is -0.169. The molecule has 2 aliphatic rings. The summed E-state index contributed by atoms with van der Waals surface area (Å²) in [4.78, 5) is 11.6. The summed E-state index contributed by atoms with van der Waals surface area (Å²) in [6, 6.07) is 0. The molecule has 0 aromatic carbocycles. The van der Waals surface area contributed by atoms with Crippen molar-refractivity contribution in [2.45, 2.75) is 44.5 Å². The molecule has 2 rings (SSSR count). The maximum atomic E-state index is 11.6. The maximum Gasteiger partial charge on any atom is 0.311 e. The van der Waals surface area contributed by atoms with E-state index in [-0.39, 0.29) is 24.1 Å². The fraction of sp³-hybridized carbons (Fsp3) is 0.900. The van der Waals surface area contributed by atoms with Crippen LogP contribution in [0.3, 0.4) is 0 Å². The van der Waals surface area contributed by atoms with Crippen LogP contribution in [0, 0.1) is 5.92 Å². The van der Waals surface area contributed by atoms with E-state index >= 15 is 0 Å². The zero-order chi connectivity index (χ0) is 10.1. The predicted molar refractivity (Wildman–Crippen MR) is 50.6 cm³/mol. The average Bonchev–Trinajstić information content (AvgIpc) is 2.78. The Hall–Kier alpha value is -0.610. The molecule has 80 valence electrons. The Morgan fingerprint density at radius 1 is 1.64 bits per heavy atom. The lowest BCUT2D eigenvalue weighted by atomic mass is 9.89. The highest BCUT2D eigenvalue weighted by molar-refractivity contribution is 5.74. The molecule has 0 spiro atoms. The molecule has 4 heteroatoms. The average molecular weight is 199 g/mol. The lowest BCUT2D eigenvalue weighted by Crippen LogP contribution is -2.32. The number of carbonyl (C=O) groups excluding carboxylic acids is 1. The van der Waals surface area contributed by atoms with Crippen LogP contribution in [0.15, 0.2) is 0 Å². The van der Waals surface area contributed by atoms with Crippen molar-refractivity contribution in [2.24, 2.45) is 11.7 Å². The van der Waals surface area contributed by atoms with Crippen LogP contribution < -0.4 is 5.73 Å². The highest BCUT2D eigenvalue weighted by Gasteiger charge is 2.45. The number of fused-ring (bicyclic) bond motifs is 2. The van der Waals surface area contributed by atoms with Gasteiger partial charge in [-0.15, -0.1) is 0 Å². The molecule has 2 bridgehead atoms. The molecule has 2 aliphatic heterocycles. The van der Waals surface area contributed by atoms with Crippen molar-refractivity contribution in [3.05, 3.63) is 0 Å². The van der Waals surface area contributed by atoms with Crippen molar-refractivity contribution in [3.8, 4) is 0 Å². The Labute approximate surface area is 83.7 Å². The van der Waals surface area contributed by atoms with E-state index in [0.29, 0.717) is 12.6 Å². The van der Waals surface area contributed by atoms with Gasteiger partial charge in [-0.3, -0.25) is 4.79 Å². The lowest BCUT2D eigenvalue weighted by molar-refractivity contribution is -0.154. The Morgan fingerprint density at radius 3 is 2.93 bits per heavy atom. The molecule has 0 aromatic heterocycles. The largest absolute Gasteiger partial charge is 0.461 e. The van der Waals surface area contributed by atoms with E-state index in [2.05, 4.69) is 0 Å². The second-order valence-corrected chi connectivity index (χ2v) is 4.20. The van der Waals surface area contributed by atoms with Crippen LogP contribution in [0.2, 0.25) is 0 Å². The molecule has 14 heavy (non-hydrogen) atoms. The van der Waals surface area contributed by atoms with E-state index < -0.39 is 0 Å². The third-order valence-electron chi connectivity index (χ3n) is 3.06. The fourth-order valence-corrected chi connectivity index (χ4v) is 2.22. The third-order valence-corrected chi connectivity index (χ3v) is 3.06. The predicted octanol–water partition coefficient (Wildman–Crippen LogP) is 0.444. The highest BCUT2D eigenvalue weighted by Crippen LogP contribution is 2.39. The second kappa shape index (κ2) is 3.87. The SMILES string of the molecule is CC(CN)OC(=O)C1CC2CCC1O2. The van der Waals surface area contributed by atoms with Crippen LogP contribution in [0.5, 0.6) is 0 Å². The van der Waals surface area contributed by atoms with Gasteiger partial charge >= 0.3 is 5.97 Å². The molecule has 0 radical (unpaired) electrons. The van der Waals surface area contributed by atoms with Crippen LogP contribution in [0.1, 0.15) is 26.2 Å². The standard InChI is InChI=1S/C10H17NO3/c1-6(5-11)13-10(12)8-4-7-2-3-9(8)14-7/h6-9H,2-5,11H2,1H3. The van der Waals surface area contributed by atoms with Gasteiger partial charge in [-0.25, -0.2) is 0 Å². The van der Waals surface area contributed by atoms with Crippen LogP contribution in [0.4, 0.5) is 0 Å². The van der Waals surface area contributed by atoms with E-state index in [9.17, 15) is 4.79 Å². The van der Waals surface area contributed by atoms with Gasteiger partial charge in [-0.2, -0.15) is 0 Å². The number of rotatable bonds is 3. The topological polar surface area (TPSA) is 61.5 Å². The van der Waals surface area contributed by atoms with Crippen LogP contribution >= 0.6 is 0 Å². The van der Waals surface area contributed by atoms with Gasteiger partial charge in [0.25, 0.3) is 0 Å². The van der Waals surface area contributed by atoms with Crippen molar-refractivity contribution < 1.29 is 14.3 Å². The van der Waals surface area contributed by atoms with Crippen LogP contribution in [-0.4, -0.2) is 30.8 Å². The molecule has 0 saturated carbocycles. The smallest absolute Gasteiger partial charge is 0.311 e. The molecular weight excluding hydrogens is 182 g/mol. The quantitative estimate of drug-likeness (QED) is 0.670. The lowest BCUT2D eigenvalue weighted by Gasteiger charge is -2.19. The Bertz CT molecular complexity index is 231. The number of ether oxygens (including phenoxy) is 2. The van der Waals surface area contributed by atoms with Gasteiger partial charge in [-0.1, -0.05) is 0 Å². The van der Waals surface area contributed by atoms with Gasteiger partial charge in [-0.05, 0) is 26.2 Å². The molecule has 2 saturated heterocycles. The highest BCUT2D eigenvalue weighted by atomic mass is 16.6. The third kappa shape index (κ3) is 1.77. The first-order valence-electron chi connectivity index (χ1n) is 5.26. The van der Waals surface area contributed by atoms with Crippen molar-refractivity contribution in [2.75, 3.05) is 6.54 Å². The monoisotopic (exact) mass is 199 g/mol. The minimum atomic E-state index is -0.179. The van der Waals surface area contributed by atoms with Crippen molar-refractivity contribution in [3.63, 3.8) is 0 Å². The molecule has 4 nitrogen and oxygen atoms in total. The van der Waals surface area contributed by atoms with Gasteiger partial charge in [0.1, 0.15) is 6.10 Å². The summed E-state index contributed by atoms with van der Waals surface area (Å²) in [5.41, 5.74) is 5.39. The van der Waals surface area contributed by atoms with Crippen molar-refractivity contribution in [1.29, 1.82) is 0 Å². The zero-order valence-electron chi connectivity index (χ0n) is 8.44. The molecule has 2 fully saturated rings. The van der Waals surface area contributed by atoms with E-state index in [1.165, 1.54) is 0 Å². The summed E-state index contributed by atoms with van der Waals surface area (Å²) in [7, 11) is 0. The first-order valence-corrected chi connectivity index (χ1v) is 5.26. The number of carbonyl (C=O) groups is 1. The summed E-state index contributed by atoms with van der Waals surface area (Å²) in [6.07, 6.45) is 3.16. The molecule has 2 heterocycles. The minimum absolute atomic E-state index is 0.0391. The van der Waals surface area contributed by atoms with Gasteiger partial charge in [0.2, 0.25) is 0 Å². The molecule has 0 amide bonds.